The largest absolute Gasteiger partial charge is 0.290 e. The number of halogens is 2. The number of thioether (sulfide) groups is 2. The maximum Gasteiger partial charge on any atom is 0.266 e. The molecule has 128 valence electrons. The van der Waals surface area contributed by atoms with Crippen molar-refractivity contribution < 1.29 is 4.79 Å². The third kappa shape index (κ3) is 4.06. The highest BCUT2D eigenvalue weighted by atomic mass is 35.5. The van der Waals surface area contributed by atoms with E-state index >= 15 is 0 Å². The molecule has 1 saturated heterocycles. The van der Waals surface area contributed by atoms with E-state index in [1.807, 2.05) is 36.6 Å². The van der Waals surface area contributed by atoms with Gasteiger partial charge in [0.1, 0.15) is 0 Å². The topological polar surface area (TPSA) is 32.7 Å². The number of carbonyl (C=O) groups excluding carboxylic acids is 1. The minimum atomic E-state index is -0.110. The predicted octanol–water partition coefficient (Wildman–Crippen LogP) is 5.95. The minimum Gasteiger partial charge on any atom is -0.290 e. The highest BCUT2D eigenvalue weighted by Gasteiger charge is 2.30. The van der Waals surface area contributed by atoms with Gasteiger partial charge in [-0.3, -0.25) is 9.69 Å². The van der Waals surface area contributed by atoms with Crippen LogP contribution in [0.2, 0.25) is 10.0 Å². The van der Waals surface area contributed by atoms with E-state index in [0.717, 1.165) is 10.6 Å². The number of benzene rings is 2. The van der Waals surface area contributed by atoms with Gasteiger partial charge in [0.2, 0.25) is 0 Å². The Hall–Kier alpha value is -1.40. The Bertz CT molecular complexity index is 896. The summed E-state index contributed by atoms with van der Waals surface area (Å²) in [5.41, 5.74) is 1.53. The van der Waals surface area contributed by atoms with E-state index in [1.54, 1.807) is 41.9 Å². The first-order chi connectivity index (χ1) is 12.0. The average molecular weight is 409 g/mol. The van der Waals surface area contributed by atoms with Crippen LogP contribution in [-0.4, -0.2) is 29.3 Å². The second kappa shape index (κ2) is 7.87. The molecule has 0 aliphatic carbocycles. The molecule has 1 heterocycles. The summed E-state index contributed by atoms with van der Waals surface area (Å²) in [4.78, 5) is 20.3. The normalized spacial score (nSPS) is 17.8. The van der Waals surface area contributed by atoms with Gasteiger partial charge in [-0.05, 0) is 53.9 Å². The van der Waals surface area contributed by atoms with Crippen LogP contribution in [0, 0.1) is 0 Å². The van der Waals surface area contributed by atoms with Gasteiger partial charge in [-0.25, -0.2) is 4.99 Å². The van der Waals surface area contributed by atoms with Crippen molar-refractivity contribution in [3.8, 4) is 0 Å². The fourth-order valence-corrected chi connectivity index (χ4v) is 4.01. The number of hydrogen-bond acceptors (Lipinski definition) is 4. The molecule has 7 heteroatoms. The Labute approximate surface area is 165 Å². The molecular formula is C18H14Cl2N2OS2. The highest BCUT2D eigenvalue weighted by Crippen LogP contribution is 2.35. The summed E-state index contributed by atoms with van der Waals surface area (Å²) in [5.74, 6) is -0.110. The molecule has 0 atom stereocenters. The summed E-state index contributed by atoms with van der Waals surface area (Å²) < 4.78 is 0. The Morgan fingerprint density at radius 2 is 1.96 bits per heavy atom. The van der Waals surface area contributed by atoms with Crippen LogP contribution in [0.4, 0.5) is 5.69 Å². The minimum absolute atomic E-state index is 0.110. The monoisotopic (exact) mass is 408 g/mol. The number of nitrogens with zero attached hydrogens (tertiary/aromatic N) is 2. The number of amides is 1. The molecule has 1 aliphatic heterocycles. The van der Waals surface area contributed by atoms with Crippen LogP contribution in [0.15, 0.2) is 57.3 Å². The second-order valence-electron chi connectivity index (χ2n) is 5.21. The molecule has 3 rings (SSSR count). The SMILES string of the molecule is CSc1cccc(N=C2S/C(=C/c3cccc(Cl)c3Cl)C(=O)N2C)c1. The number of rotatable bonds is 3. The van der Waals surface area contributed by atoms with Gasteiger partial charge in [0.15, 0.2) is 5.17 Å². The van der Waals surface area contributed by atoms with Crippen LogP contribution < -0.4 is 0 Å². The maximum atomic E-state index is 12.5. The first-order valence-corrected chi connectivity index (χ1v) is 10.1. The summed E-state index contributed by atoms with van der Waals surface area (Å²) in [6, 6.07) is 13.2. The second-order valence-corrected chi connectivity index (χ2v) is 7.89. The maximum absolute atomic E-state index is 12.5. The zero-order valence-electron chi connectivity index (χ0n) is 13.5. The van der Waals surface area contributed by atoms with Gasteiger partial charge < -0.3 is 0 Å². The van der Waals surface area contributed by atoms with Gasteiger partial charge in [0, 0.05) is 11.9 Å². The number of aliphatic imine (C=N–C) groups is 1. The summed E-state index contributed by atoms with van der Waals surface area (Å²) in [7, 11) is 1.72. The van der Waals surface area contributed by atoms with Crippen LogP contribution in [-0.2, 0) is 4.79 Å². The van der Waals surface area contributed by atoms with Gasteiger partial charge >= 0.3 is 0 Å². The van der Waals surface area contributed by atoms with Crippen LogP contribution in [0.5, 0.6) is 0 Å². The molecule has 2 aromatic carbocycles. The highest BCUT2D eigenvalue weighted by molar-refractivity contribution is 8.18. The molecule has 2 aromatic rings. The van der Waals surface area contributed by atoms with Gasteiger partial charge in [0.05, 0.1) is 20.6 Å². The lowest BCUT2D eigenvalue weighted by atomic mass is 10.2. The third-order valence-corrected chi connectivity index (χ3v) is 6.17. The number of carbonyl (C=O) groups is 1. The number of amidine groups is 1. The van der Waals surface area contributed by atoms with Crippen molar-refractivity contribution in [2.45, 2.75) is 4.90 Å². The first-order valence-electron chi connectivity index (χ1n) is 7.34. The van der Waals surface area contributed by atoms with E-state index in [0.29, 0.717) is 25.7 Å². The molecule has 0 unspecified atom stereocenters. The van der Waals surface area contributed by atoms with E-state index < -0.39 is 0 Å². The zero-order valence-corrected chi connectivity index (χ0v) is 16.6. The summed E-state index contributed by atoms with van der Waals surface area (Å²) in [5, 5.41) is 1.53. The smallest absolute Gasteiger partial charge is 0.266 e. The van der Waals surface area contributed by atoms with Crippen LogP contribution in [0.25, 0.3) is 6.08 Å². The van der Waals surface area contributed by atoms with Crippen molar-refractivity contribution in [1.29, 1.82) is 0 Å². The Morgan fingerprint density at radius 1 is 1.20 bits per heavy atom. The van der Waals surface area contributed by atoms with Crippen molar-refractivity contribution in [3.63, 3.8) is 0 Å². The molecule has 1 fully saturated rings. The first kappa shape index (κ1) is 18.4. The molecule has 1 aliphatic rings. The zero-order chi connectivity index (χ0) is 18.0. The van der Waals surface area contributed by atoms with Crippen molar-refractivity contribution in [3.05, 3.63) is 63.0 Å². The molecule has 0 bridgehead atoms. The van der Waals surface area contributed by atoms with E-state index in [1.165, 1.54) is 11.8 Å². The Kier molecular flexibility index (Phi) is 5.79. The molecule has 0 radical (unpaired) electrons. The average Bonchev–Trinajstić information content (AvgIpc) is 2.87. The fourth-order valence-electron chi connectivity index (χ4n) is 2.22. The van der Waals surface area contributed by atoms with Crippen LogP contribution in [0.1, 0.15) is 5.56 Å². The van der Waals surface area contributed by atoms with Crippen molar-refractivity contribution in [1.82, 2.24) is 4.90 Å². The predicted molar refractivity (Wildman–Crippen MR) is 110 cm³/mol. The van der Waals surface area contributed by atoms with Crippen LogP contribution >= 0.6 is 46.7 Å². The Balaban J connectivity index is 1.93. The number of hydrogen-bond donors (Lipinski definition) is 0. The van der Waals surface area contributed by atoms with Gasteiger partial charge in [-0.1, -0.05) is 41.4 Å². The van der Waals surface area contributed by atoms with E-state index in [9.17, 15) is 4.79 Å². The quantitative estimate of drug-likeness (QED) is 0.464. The molecule has 0 spiro atoms. The summed E-state index contributed by atoms with van der Waals surface area (Å²) >= 11 is 15.2. The molecule has 0 saturated carbocycles. The van der Waals surface area contributed by atoms with E-state index in [4.69, 9.17) is 23.2 Å². The molecule has 0 N–H and O–H groups in total. The fraction of sp³-hybridized carbons (Fsp3) is 0.111. The Morgan fingerprint density at radius 3 is 2.72 bits per heavy atom. The molecule has 0 aromatic heterocycles. The lowest BCUT2D eigenvalue weighted by Gasteiger charge is -2.07. The van der Waals surface area contributed by atoms with Crippen molar-refractivity contribution in [2.75, 3.05) is 13.3 Å². The lowest BCUT2D eigenvalue weighted by Crippen LogP contribution is -2.23. The molecular weight excluding hydrogens is 395 g/mol. The van der Waals surface area contributed by atoms with Gasteiger partial charge in [0.25, 0.3) is 5.91 Å². The van der Waals surface area contributed by atoms with Gasteiger partial charge in [-0.15, -0.1) is 11.8 Å². The summed E-state index contributed by atoms with van der Waals surface area (Å²) in [6.45, 7) is 0. The van der Waals surface area contributed by atoms with E-state index in [-0.39, 0.29) is 5.91 Å². The molecule has 3 nitrogen and oxygen atoms in total. The third-order valence-electron chi connectivity index (χ3n) is 3.55. The lowest BCUT2D eigenvalue weighted by molar-refractivity contribution is -0.121. The number of likely N-dealkylation sites (N-methyl/N-ethyl adjacent to an activating group) is 1. The summed E-state index contributed by atoms with van der Waals surface area (Å²) in [6.07, 6.45) is 3.76. The molecule has 1 amide bonds. The van der Waals surface area contributed by atoms with Crippen molar-refractivity contribution >= 4 is 69.6 Å². The van der Waals surface area contributed by atoms with E-state index in [2.05, 4.69) is 4.99 Å². The standard InChI is InChI=1S/C18H14Cl2N2OS2/c1-22-17(23)15(9-11-5-3-8-14(19)16(11)20)25-18(22)21-12-6-4-7-13(10-12)24-2/h3-10H,1-2H3/b15-9+,21-18?. The van der Waals surface area contributed by atoms with Crippen molar-refractivity contribution in [2.24, 2.45) is 4.99 Å². The molecule has 25 heavy (non-hydrogen) atoms. The van der Waals surface area contributed by atoms with Crippen LogP contribution in [0.3, 0.4) is 0 Å². The van der Waals surface area contributed by atoms with Gasteiger partial charge in [-0.2, -0.15) is 0 Å².